The van der Waals surface area contributed by atoms with Crippen LogP contribution in [-0.2, 0) is 9.59 Å². The lowest BCUT2D eigenvalue weighted by molar-refractivity contribution is -0.142. The summed E-state index contributed by atoms with van der Waals surface area (Å²) in [7, 11) is 0. The molecule has 4 nitrogen and oxygen atoms in total. The first-order chi connectivity index (χ1) is 5.49. The number of hydrogen-bond acceptors (Lipinski definition) is 2. The number of carbonyl (C=O) groups excluding carboxylic acids is 1. The first-order valence-electron chi connectivity index (χ1n) is 3.99. The van der Waals surface area contributed by atoms with Gasteiger partial charge in [-0.1, -0.05) is 6.92 Å². The zero-order chi connectivity index (χ0) is 9.72. The van der Waals surface area contributed by atoms with Crippen molar-refractivity contribution in [3.63, 3.8) is 0 Å². The van der Waals surface area contributed by atoms with E-state index in [1.54, 1.807) is 6.92 Å². The molecule has 2 unspecified atom stereocenters. The van der Waals surface area contributed by atoms with E-state index in [4.69, 9.17) is 5.11 Å². The Morgan fingerprint density at radius 3 is 2.25 bits per heavy atom. The molecule has 70 valence electrons. The van der Waals surface area contributed by atoms with Gasteiger partial charge in [0.25, 0.3) is 0 Å². The Labute approximate surface area is 72.0 Å². The first kappa shape index (κ1) is 10.9. The van der Waals surface area contributed by atoms with Crippen LogP contribution in [0.5, 0.6) is 0 Å². The Hall–Kier alpha value is -1.06. The minimum atomic E-state index is -0.879. The van der Waals surface area contributed by atoms with Gasteiger partial charge < -0.3 is 10.4 Å². The second-order valence-corrected chi connectivity index (χ2v) is 2.84. The average molecular weight is 173 g/mol. The van der Waals surface area contributed by atoms with Crippen molar-refractivity contribution in [1.29, 1.82) is 0 Å². The van der Waals surface area contributed by atoms with E-state index in [0.717, 1.165) is 0 Å². The minimum absolute atomic E-state index is 0.185. The lowest BCUT2D eigenvalue weighted by Crippen LogP contribution is -2.40. The van der Waals surface area contributed by atoms with Crippen LogP contribution < -0.4 is 5.32 Å². The maximum absolute atomic E-state index is 10.6. The van der Waals surface area contributed by atoms with E-state index in [1.807, 2.05) is 6.92 Å². The zero-order valence-electron chi connectivity index (χ0n) is 7.63. The van der Waals surface area contributed by atoms with Crippen molar-refractivity contribution < 1.29 is 14.7 Å². The molecule has 0 aromatic heterocycles. The molecule has 0 aliphatic rings. The Balaban J connectivity index is 4.14. The fraction of sp³-hybridized carbons (Fsp3) is 0.750. The van der Waals surface area contributed by atoms with Gasteiger partial charge in [0.2, 0.25) is 5.91 Å². The minimum Gasteiger partial charge on any atom is -0.481 e. The molecule has 1 amide bonds. The normalized spacial score (nSPS) is 14.9. The molecule has 0 aromatic rings. The zero-order valence-corrected chi connectivity index (χ0v) is 7.63. The standard InChI is InChI=1S/C8H15NO3/c1-4-7(9-6(3)10)5(2)8(11)12/h5,7H,4H2,1-3H3,(H,9,10)(H,11,12). The van der Waals surface area contributed by atoms with Crippen LogP contribution in [0.4, 0.5) is 0 Å². The third kappa shape index (κ3) is 3.37. The maximum Gasteiger partial charge on any atom is 0.308 e. The van der Waals surface area contributed by atoms with Gasteiger partial charge in [0.1, 0.15) is 0 Å². The Morgan fingerprint density at radius 2 is 2.00 bits per heavy atom. The molecule has 0 aromatic carbocycles. The SMILES string of the molecule is CCC(NC(C)=O)C(C)C(=O)O. The summed E-state index contributed by atoms with van der Waals surface area (Å²) in [6, 6.07) is -0.264. The molecule has 4 heteroatoms. The van der Waals surface area contributed by atoms with Crippen LogP contribution in [0, 0.1) is 5.92 Å². The third-order valence-electron chi connectivity index (χ3n) is 1.82. The van der Waals surface area contributed by atoms with Gasteiger partial charge in [-0.3, -0.25) is 9.59 Å². The van der Waals surface area contributed by atoms with Crippen LogP contribution in [-0.4, -0.2) is 23.0 Å². The lowest BCUT2D eigenvalue weighted by Gasteiger charge is -2.19. The first-order valence-corrected chi connectivity index (χ1v) is 3.99. The number of carboxylic acid groups (broad SMARTS) is 1. The van der Waals surface area contributed by atoms with Crippen LogP contribution in [0.2, 0.25) is 0 Å². The van der Waals surface area contributed by atoms with Crippen molar-refractivity contribution in [2.24, 2.45) is 5.92 Å². The molecule has 2 N–H and O–H groups in total. The molecule has 0 aliphatic carbocycles. The van der Waals surface area contributed by atoms with Gasteiger partial charge in [-0.2, -0.15) is 0 Å². The summed E-state index contributed by atoms with van der Waals surface area (Å²) in [5.74, 6) is -1.59. The van der Waals surface area contributed by atoms with Crippen LogP contribution >= 0.6 is 0 Å². The summed E-state index contributed by atoms with van der Waals surface area (Å²) in [5, 5.41) is 11.2. The van der Waals surface area contributed by atoms with Crippen LogP contribution in [0.3, 0.4) is 0 Å². The highest BCUT2D eigenvalue weighted by Crippen LogP contribution is 2.06. The second-order valence-electron chi connectivity index (χ2n) is 2.84. The molecule has 0 saturated carbocycles. The number of carbonyl (C=O) groups is 2. The van der Waals surface area contributed by atoms with Crippen molar-refractivity contribution >= 4 is 11.9 Å². The van der Waals surface area contributed by atoms with E-state index in [1.165, 1.54) is 6.92 Å². The number of carboxylic acids is 1. The van der Waals surface area contributed by atoms with Crippen molar-refractivity contribution in [2.75, 3.05) is 0 Å². The van der Waals surface area contributed by atoms with Crippen LogP contribution in [0.15, 0.2) is 0 Å². The number of amides is 1. The van der Waals surface area contributed by atoms with E-state index in [2.05, 4.69) is 5.32 Å². The third-order valence-corrected chi connectivity index (χ3v) is 1.82. The topological polar surface area (TPSA) is 66.4 Å². The van der Waals surface area contributed by atoms with Gasteiger partial charge in [-0.25, -0.2) is 0 Å². The molecule has 0 aliphatic heterocycles. The monoisotopic (exact) mass is 173 g/mol. The fourth-order valence-electron chi connectivity index (χ4n) is 1.01. The second kappa shape index (κ2) is 4.74. The molecule has 0 bridgehead atoms. The van der Waals surface area contributed by atoms with Crippen LogP contribution in [0.1, 0.15) is 27.2 Å². The highest BCUT2D eigenvalue weighted by molar-refractivity contribution is 5.75. The summed E-state index contributed by atoms with van der Waals surface area (Å²) < 4.78 is 0. The number of hydrogen-bond donors (Lipinski definition) is 2. The predicted molar refractivity (Wildman–Crippen MR) is 44.7 cm³/mol. The van der Waals surface area contributed by atoms with E-state index < -0.39 is 11.9 Å². The van der Waals surface area contributed by atoms with Gasteiger partial charge in [-0.05, 0) is 13.3 Å². The predicted octanol–water partition coefficient (Wildman–Crippen LogP) is 0.622. The van der Waals surface area contributed by atoms with Gasteiger partial charge in [-0.15, -0.1) is 0 Å². The molecular weight excluding hydrogens is 158 g/mol. The van der Waals surface area contributed by atoms with Gasteiger partial charge in [0.05, 0.1) is 5.92 Å². The highest BCUT2D eigenvalue weighted by Gasteiger charge is 2.22. The van der Waals surface area contributed by atoms with Gasteiger partial charge in [0.15, 0.2) is 0 Å². The average Bonchev–Trinajstić information content (AvgIpc) is 1.98. The summed E-state index contributed by atoms with van der Waals surface area (Å²) in [4.78, 5) is 21.2. The Morgan fingerprint density at radius 1 is 1.50 bits per heavy atom. The van der Waals surface area contributed by atoms with Crippen molar-refractivity contribution in [2.45, 2.75) is 33.2 Å². The Kier molecular flexibility index (Phi) is 4.33. The summed E-state index contributed by atoms with van der Waals surface area (Å²) >= 11 is 0. The smallest absolute Gasteiger partial charge is 0.308 e. The molecule has 0 fully saturated rings. The van der Waals surface area contributed by atoms with Gasteiger partial charge in [0, 0.05) is 13.0 Å². The number of nitrogens with one attached hydrogen (secondary N) is 1. The summed E-state index contributed by atoms with van der Waals surface area (Å²) in [5.41, 5.74) is 0. The van der Waals surface area contributed by atoms with Crippen molar-refractivity contribution in [3.05, 3.63) is 0 Å². The number of rotatable bonds is 4. The Bertz CT molecular complexity index is 179. The van der Waals surface area contributed by atoms with Gasteiger partial charge >= 0.3 is 5.97 Å². The molecule has 0 heterocycles. The van der Waals surface area contributed by atoms with Crippen molar-refractivity contribution in [3.8, 4) is 0 Å². The molecule has 0 radical (unpaired) electrons. The van der Waals surface area contributed by atoms with E-state index in [9.17, 15) is 9.59 Å². The van der Waals surface area contributed by atoms with Crippen molar-refractivity contribution in [1.82, 2.24) is 5.32 Å². The molecule has 0 saturated heterocycles. The van der Waals surface area contributed by atoms with Crippen LogP contribution in [0.25, 0.3) is 0 Å². The molecular formula is C8H15NO3. The number of aliphatic carboxylic acids is 1. The molecule has 2 atom stereocenters. The molecule has 0 rings (SSSR count). The molecule has 0 spiro atoms. The maximum atomic E-state index is 10.6. The van der Waals surface area contributed by atoms with E-state index in [-0.39, 0.29) is 11.9 Å². The van der Waals surface area contributed by atoms with E-state index in [0.29, 0.717) is 6.42 Å². The molecule has 12 heavy (non-hydrogen) atoms. The fourth-order valence-corrected chi connectivity index (χ4v) is 1.01. The van der Waals surface area contributed by atoms with E-state index >= 15 is 0 Å². The highest BCUT2D eigenvalue weighted by atomic mass is 16.4. The largest absolute Gasteiger partial charge is 0.481 e. The lowest BCUT2D eigenvalue weighted by atomic mass is 10.00. The quantitative estimate of drug-likeness (QED) is 0.655. The summed E-state index contributed by atoms with van der Waals surface area (Å²) in [6.45, 7) is 4.82. The summed E-state index contributed by atoms with van der Waals surface area (Å²) in [6.07, 6.45) is 0.632.